The van der Waals surface area contributed by atoms with E-state index in [0.717, 1.165) is 19.4 Å². The molecule has 19 heavy (non-hydrogen) atoms. The molecular weight excluding hydrogens is 250 g/mol. The minimum Gasteiger partial charge on any atom is -0.383 e. The van der Waals surface area contributed by atoms with Gasteiger partial charge in [-0.25, -0.2) is 8.78 Å². The molecule has 0 aliphatic carbocycles. The smallest absolute Gasteiger partial charge is 0.183 e. The van der Waals surface area contributed by atoms with Crippen LogP contribution in [0, 0.1) is 23.0 Å². The number of hydrogen-bond donors (Lipinski definition) is 1. The fraction of sp³-hybridized carbons (Fsp3) is 0.500. The summed E-state index contributed by atoms with van der Waals surface area (Å²) in [6.45, 7) is 3.91. The van der Waals surface area contributed by atoms with Gasteiger partial charge in [0, 0.05) is 19.8 Å². The first kappa shape index (κ1) is 15.4. The lowest BCUT2D eigenvalue weighted by Gasteiger charge is -2.09. The number of hydrogen-bond acceptors (Lipinski definition) is 3. The van der Waals surface area contributed by atoms with Gasteiger partial charge in [-0.3, -0.25) is 0 Å². The van der Waals surface area contributed by atoms with Crippen molar-refractivity contribution in [1.82, 2.24) is 0 Å². The first-order valence-corrected chi connectivity index (χ1v) is 6.40. The maximum atomic E-state index is 13.5. The quantitative estimate of drug-likeness (QED) is 0.734. The second-order valence-corrected chi connectivity index (χ2v) is 4.15. The number of rotatable bonds is 8. The van der Waals surface area contributed by atoms with Crippen LogP contribution in [0.5, 0.6) is 0 Å². The molecular formula is C14H18F2N2O. The molecule has 0 aromatic heterocycles. The fourth-order valence-corrected chi connectivity index (χ4v) is 1.52. The first-order chi connectivity index (χ1) is 9.20. The average molecular weight is 268 g/mol. The predicted octanol–water partition coefficient (Wildman–Crippen LogP) is 3.46. The van der Waals surface area contributed by atoms with E-state index in [1.807, 2.05) is 0 Å². The van der Waals surface area contributed by atoms with E-state index in [4.69, 9.17) is 10.00 Å². The van der Waals surface area contributed by atoms with Gasteiger partial charge in [-0.05, 0) is 25.0 Å². The van der Waals surface area contributed by atoms with Gasteiger partial charge in [-0.15, -0.1) is 0 Å². The van der Waals surface area contributed by atoms with Crippen LogP contribution in [0.1, 0.15) is 31.7 Å². The number of nitriles is 1. The number of unbranched alkanes of at least 4 members (excludes halogenated alkanes) is 1. The van der Waals surface area contributed by atoms with Crippen LogP contribution in [0.3, 0.4) is 0 Å². The summed E-state index contributed by atoms with van der Waals surface area (Å²) in [4.78, 5) is 0. The number of anilines is 1. The van der Waals surface area contributed by atoms with Crippen molar-refractivity contribution in [1.29, 1.82) is 5.26 Å². The lowest BCUT2D eigenvalue weighted by Crippen LogP contribution is -2.08. The van der Waals surface area contributed by atoms with Crippen molar-refractivity contribution in [2.75, 3.05) is 25.1 Å². The van der Waals surface area contributed by atoms with Crippen molar-refractivity contribution in [3.63, 3.8) is 0 Å². The molecule has 1 N–H and O–H groups in total. The molecule has 0 bridgehead atoms. The Kier molecular flexibility index (Phi) is 6.83. The van der Waals surface area contributed by atoms with Crippen LogP contribution < -0.4 is 5.32 Å². The summed E-state index contributed by atoms with van der Waals surface area (Å²) in [5.41, 5.74) is -0.212. The molecule has 0 spiro atoms. The molecule has 1 rings (SSSR count). The van der Waals surface area contributed by atoms with E-state index in [-0.39, 0.29) is 11.3 Å². The van der Waals surface area contributed by atoms with Gasteiger partial charge in [0.2, 0.25) is 0 Å². The average Bonchev–Trinajstić information content (AvgIpc) is 2.42. The SMILES string of the molecule is CCCCOCCCNc1ccc(C#N)c(F)c1F. The van der Waals surface area contributed by atoms with E-state index < -0.39 is 11.6 Å². The van der Waals surface area contributed by atoms with Gasteiger partial charge in [0.15, 0.2) is 11.6 Å². The minimum absolute atomic E-state index is 0.0741. The number of halogens is 2. The second kappa shape index (κ2) is 8.44. The third-order valence-corrected chi connectivity index (χ3v) is 2.63. The van der Waals surface area contributed by atoms with E-state index in [1.165, 1.54) is 12.1 Å². The Morgan fingerprint density at radius 3 is 2.63 bits per heavy atom. The third-order valence-electron chi connectivity index (χ3n) is 2.63. The standard InChI is InChI=1S/C14H18F2N2O/c1-2-3-8-19-9-4-7-18-12-6-5-11(10-17)13(15)14(12)16/h5-6,18H,2-4,7-9H2,1H3. The summed E-state index contributed by atoms with van der Waals surface area (Å²) in [7, 11) is 0. The third kappa shape index (κ3) is 4.84. The zero-order chi connectivity index (χ0) is 14.1. The molecule has 0 atom stereocenters. The largest absolute Gasteiger partial charge is 0.383 e. The van der Waals surface area contributed by atoms with Crippen LogP contribution in [0.2, 0.25) is 0 Å². The lowest BCUT2D eigenvalue weighted by atomic mass is 10.2. The van der Waals surface area contributed by atoms with Crippen molar-refractivity contribution >= 4 is 5.69 Å². The van der Waals surface area contributed by atoms with Crippen molar-refractivity contribution in [3.05, 3.63) is 29.3 Å². The van der Waals surface area contributed by atoms with Crippen molar-refractivity contribution < 1.29 is 13.5 Å². The molecule has 0 aliphatic heterocycles. The fourth-order valence-electron chi connectivity index (χ4n) is 1.52. The Bertz CT molecular complexity index is 444. The zero-order valence-corrected chi connectivity index (χ0v) is 11.0. The van der Waals surface area contributed by atoms with E-state index >= 15 is 0 Å². The second-order valence-electron chi connectivity index (χ2n) is 4.15. The molecule has 0 heterocycles. The van der Waals surface area contributed by atoms with E-state index in [0.29, 0.717) is 19.6 Å². The minimum atomic E-state index is -1.10. The number of ether oxygens (including phenoxy) is 1. The van der Waals surface area contributed by atoms with Gasteiger partial charge >= 0.3 is 0 Å². The molecule has 0 fully saturated rings. The van der Waals surface area contributed by atoms with Crippen LogP contribution in [-0.4, -0.2) is 19.8 Å². The molecule has 1 aromatic rings. The summed E-state index contributed by atoms with van der Waals surface area (Å²) < 4.78 is 32.2. The van der Waals surface area contributed by atoms with Gasteiger partial charge < -0.3 is 10.1 Å². The molecule has 0 amide bonds. The number of nitrogens with zero attached hydrogens (tertiary/aromatic N) is 1. The normalized spacial score (nSPS) is 10.2. The Hall–Kier alpha value is -1.67. The Labute approximate surface area is 112 Å². The van der Waals surface area contributed by atoms with Crippen LogP contribution in [-0.2, 0) is 4.74 Å². The summed E-state index contributed by atoms with van der Waals surface area (Å²) >= 11 is 0. The highest BCUT2D eigenvalue weighted by Crippen LogP contribution is 2.19. The molecule has 5 heteroatoms. The Morgan fingerprint density at radius 1 is 1.21 bits per heavy atom. The Balaban J connectivity index is 2.34. The van der Waals surface area contributed by atoms with Crippen LogP contribution in [0.15, 0.2) is 12.1 Å². The van der Waals surface area contributed by atoms with Crippen molar-refractivity contribution in [3.8, 4) is 6.07 Å². The van der Waals surface area contributed by atoms with Gasteiger partial charge in [0.05, 0.1) is 11.3 Å². The zero-order valence-electron chi connectivity index (χ0n) is 11.0. The van der Waals surface area contributed by atoms with Crippen LogP contribution in [0.4, 0.5) is 14.5 Å². The maximum Gasteiger partial charge on any atom is 0.183 e. The summed E-state index contributed by atoms with van der Waals surface area (Å²) in [6.07, 6.45) is 2.83. The summed E-state index contributed by atoms with van der Waals surface area (Å²) in [5.74, 6) is -2.11. The molecule has 0 aliphatic rings. The topological polar surface area (TPSA) is 45.0 Å². The van der Waals surface area contributed by atoms with E-state index in [2.05, 4.69) is 12.2 Å². The monoisotopic (exact) mass is 268 g/mol. The van der Waals surface area contributed by atoms with Gasteiger partial charge in [-0.1, -0.05) is 13.3 Å². The maximum absolute atomic E-state index is 13.5. The lowest BCUT2D eigenvalue weighted by molar-refractivity contribution is 0.131. The van der Waals surface area contributed by atoms with Gasteiger partial charge in [0.25, 0.3) is 0 Å². The Morgan fingerprint density at radius 2 is 1.95 bits per heavy atom. The highest BCUT2D eigenvalue weighted by atomic mass is 19.2. The van der Waals surface area contributed by atoms with Gasteiger partial charge in [0.1, 0.15) is 6.07 Å². The van der Waals surface area contributed by atoms with Crippen molar-refractivity contribution in [2.24, 2.45) is 0 Å². The van der Waals surface area contributed by atoms with Crippen molar-refractivity contribution in [2.45, 2.75) is 26.2 Å². The summed E-state index contributed by atoms with van der Waals surface area (Å²) in [6, 6.07) is 4.23. The van der Waals surface area contributed by atoms with Gasteiger partial charge in [-0.2, -0.15) is 5.26 Å². The molecule has 0 saturated heterocycles. The highest BCUT2D eigenvalue weighted by Gasteiger charge is 2.12. The number of nitrogens with one attached hydrogen (secondary N) is 1. The predicted molar refractivity (Wildman–Crippen MR) is 69.9 cm³/mol. The number of benzene rings is 1. The molecule has 3 nitrogen and oxygen atoms in total. The molecule has 1 aromatic carbocycles. The van der Waals surface area contributed by atoms with E-state index in [9.17, 15) is 8.78 Å². The van der Waals surface area contributed by atoms with Crippen LogP contribution >= 0.6 is 0 Å². The highest BCUT2D eigenvalue weighted by molar-refractivity contribution is 5.49. The first-order valence-electron chi connectivity index (χ1n) is 6.40. The molecule has 0 radical (unpaired) electrons. The molecule has 0 unspecified atom stereocenters. The molecule has 0 saturated carbocycles. The van der Waals surface area contributed by atoms with E-state index in [1.54, 1.807) is 6.07 Å². The van der Waals surface area contributed by atoms with Crippen LogP contribution in [0.25, 0.3) is 0 Å². The summed E-state index contributed by atoms with van der Waals surface area (Å²) in [5, 5.41) is 11.3. The molecule has 104 valence electrons.